The fraction of sp³-hybridized carbons (Fsp3) is 0.600. The van der Waals surface area contributed by atoms with Crippen LogP contribution in [0, 0.1) is 5.41 Å². The van der Waals surface area contributed by atoms with Gasteiger partial charge in [0.15, 0.2) is 0 Å². The van der Waals surface area contributed by atoms with Gasteiger partial charge in [0, 0.05) is 0 Å². The molecule has 1 rings (SSSR count). The van der Waals surface area contributed by atoms with Gasteiger partial charge in [0.2, 0.25) is 0 Å². The van der Waals surface area contributed by atoms with Crippen LogP contribution >= 0.6 is 0 Å². The van der Waals surface area contributed by atoms with Crippen molar-refractivity contribution in [1.29, 1.82) is 0 Å². The SMILES string of the molecule is CC1=C(C)C(C)(C)[C]([Na])=C1C. The maximum atomic E-state index is 2.34. The fourth-order valence-electron chi connectivity index (χ4n) is 1.78. The zero-order chi connectivity index (χ0) is 8.81. The van der Waals surface area contributed by atoms with E-state index in [2.05, 4.69) is 34.6 Å². The second-order valence-electron chi connectivity index (χ2n) is 4.12. The Morgan fingerprint density at radius 3 is 1.55 bits per heavy atom. The van der Waals surface area contributed by atoms with Crippen molar-refractivity contribution in [1.82, 2.24) is 0 Å². The van der Waals surface area contributed by atoms with E-state index in [0.717, 1.165) is 0 Å². The third-order valence-electron chi connectivity index (χ3n) is 3.56. The van der Waals surface area contributed by atoms with Crippen LogP contribution in [0.15, 0.2) is 19.5 Å². The van der Waals surface area contributed by atoms with Gasteiger partial charge in [-0.2, -0.15) is 0 Å². The molecule has 0 fully saturated rings. The van der Waals surface area contributed by atoms with Crippen molar-refractivity contribution in [2.75, 3.05) is 0 Å². The topological polar surface area (TPSA) is 0 Å². The Labute approximate surface area is 87.2 Å². The van der Waals surface area contributed by atoms with E-state index in [1.807, 2.05) is 0 Å². The van der Waals surface area contributed by atoms with Crippen molar-refractivity contribution < 1.29 is 0 Å². The Balaban J connectivity index is 3.27. The van der Waals surface area contributed by atoms with Gasteiger partial charge in [-0.1, -0.05) is 0 Å². The molecular weight excluding hydrogens is 143 g/mol. The van der Waals surface area contributed by atoms with Crippen molar-refractivity contribution in [2.45, 2.75) is 34.6 Å². The van der Waals surface area contributed by atoms with Crippen molar-refractivity contribution in [3.05, 3.63) is 19.5 Å². The molecule has 0 amide bonds. The molecule has 1 aliphatic rings. The molecule has 0 spiro atoms. The first-order chi connectivity index (χ1) is 4.89. The average molecular weight is 158 g/mol. The summed E-state index contributed by atoms with van der Waals surface area (Å²) in [6, 6.07) is 0. The molecular formula is C10H15Na. The second kappa shape index (κ2) is 2.76. The van der Waals surface area contributed by atoms with Gasteiger partial charge in [-0.25, -0.2) is 0 Å². The van der Waals surface area contributed by atoms with Crippen LogP contribution in [0.25, 0.3) is 0 Å². The predicted molar refractivity (Wildman–Crippen MR) is 50.6 cm³/mol. The van der Waals surface area contributed by atoms with E-state index in [1.54, 1.807) is 14.0 Å². The summed E-state index contributed by atoms with van der Waals surface area (Å²) >= 11 is 1.21. The van der Waals surface area contributed by atoms with Gasteiger partial charge in [-0.15, -0.1) is 0 Å². The standard InChI is InChI=1S/C10H15.Na/c1-7-6-10(4,5)9(3)8(7)2;/h1-5H3;. The first-order valence-corrected chi connectivity index (χ1v) is 5.25. The summed E-state index contributed by atoms with van der Waals surface area (Å²) in [5.74, 6) is 0. The van der Waals surface area contributed by atoms with E-state index in [4.69, 9.17) is 0 Å². The number of rotatable bonds is 0. The molecule has 0 saturated heterocycles. The fourth-order valence-corrected chi connectivity index (χ4v) is 2.53. The number of hydrogen-bond donors (Lipinski definition) is 0. The second-order valence-corrected chi connectivity index (χ2v) is 5.12. The third-order valence-corrected chi connectivity index (χ3v) is 5.56. The summed E-state index contributed by atoms with van der Waals surface area (Å²) in [7, 11) is 0. The van der Waals surface area contributed by atoms with Crippen LogP contribution in [-0.2, 0) is 0 Å². The molecule has 0 atom stereocenters. The van der Waals surface area contributed by atoms with Gasteiger partial charge in [-0.05, 0) is 0 Å². The molecule has 0 unspecified atom stereocenters. The normalized spacial score (nSPS) is 23.5. The van der Waals surface area contributed by atoms with Crippen LogP contribution in [0.5, 0.6) is 0 Å². The Kier molecular flexibility index (Phi) is 2.40. The molecule has 0 aromatic carbocycles. The van der Waals surface area contributed by atoms with Gasteiger partial charge in [-0.3, -0.25) is 0 Å². The summed E-state index contributed by atoms with van der Waals surface area (Å²) in [6.07, 6.45) is 0. The van der Waals surface area contributed by atoms with E-state index >= 15 is 0 Å². The Morgan fingerprint density at radius 2 is 1.45 bits per heavy atom. The molecule has 56 valence electrons. The average Bonchev–Trinajstić information content (AvgIpc) is 2.06. The molecule has 0 aromatic heterocycles. The molecule has 1 aliphatic carbocycles. The molecule has 0 aliphatic heterocycles. The van der Waals surface area contributed by atoms with Crippen LogP contribution in [-0.4, -0.2) is 27.9 Å². The monoisotopic (exact) mass is 158 g/mol. The minimum absolute atomic E-state index is 0.375. The van der Waals surface area contributed by atoms with Crippen molar-refractivity contribution in [3.63, 3.8) is 0 Å². The number of hydrogen-bond acceptors (Lipinski definition) is 0. The van der Waals surface area contributed by atoms with E-state index in [1.165, 1.54) is 33.5 Å². The van der Waals surface area contributed by atoms with Crippen molar-refractivity contribution in [2.24, 2.45) is 5.41 Å². The zero-order valence-electron chi connectivity index (χ0n) is 8.50. The predicted octanol–water partition coefficient (Wildman–Crippen LogP) is 2.81. The van der Waals surface area contributed by atoms with Gasteiger partial charge in [0.05, 0.1) is 0 Å². The van der Waals surface area contributed by atoms with Gasteiger partial charge >= 0.3 is 87.5 Å². The summed E-state index contributed by atoms with van der Waals surface area (Å²) in [6.45, 7) is 11.5. The molecule has 0 N–H and O–H groups in total. The molecule has 0 saturated carbocycles. The third kappa shape index (κ3) is 1.26. The van der Waals surface area contributed by atoms with Crippen molar-refractivity contribution in [3.8, 4) is 0 Å². The minimum atomic E-state index is 0.375. The molecule has 0 heterocycles. The van der Waals surface area contributed by atoms with E-state index < -0.39 is 0 Å². The van der Waals surface area contributed by atoms with Crippen LogP contribution in [0.3, 0.4) is 0 Å². The molecule has 0 bridgehead atoms. The van der Waals surface area contributed by atoms with E-state index in [9.17, 15) is 0 Å². The van der Waals surface area contributed by atoms with Gasteiger partial charge in [0.1, 0.15) is 0 Å². The van der Waals surface area contributed by atoms with Crippen molar-refractivity contribution >= 4 is 27.9 Å². The first-order valence-electron chi connectivity index (χ1n) is 4.25. The molecule has 0 nitrogen and oxygen atoms in total. The van der Waals surface area contributed by atoms with E-state index in [0.29, 0.717) is 5.41 Å². The zero-order valence-corrected chi connectivity index (χ0v) is 10.5. The van der Waals surface area contributed by atoms with Crippen LogP contribution in [0.1, 0.15) is 34.6 Å². The van der Waals surface area contributed by atoms with Gasteiger partial charge < -0.3 is 0 Å². The van der Waals surface area contributed by atoms with Crippen LogP contribution < -0.4 is 0 Å². The Bertz CT molecular complexity index is 228. The van der Waals surface area contributed by atoms with E-state index in [-0.39, 0.29) is 0 Å². The molecule has 0 radical (unpaired) electrons. The van der Waals surface area contributed by atoms with Crippen LogP contribution in [0.4, 0.5) is 0 Å². The molecule has 11 heavy (non-hydrogen) atoms. The first kappa shape index (κ1) is 9.57. The summed E-state index contributed by atoms with van der Waals surface area (Å²) in [5, 5.41) is 0. The summed E-state index contributed by atoms with van der Waals surface area (Å²) < 4.78 is 1.67. The summed E-state index contributed by atoms with van der Waals surface area (Å²) in [5.41, 5.74) is 5.03. The Hall–Kier alpha value is 0.480. The Morgan fingerprint density at radius 1 is 1.00 bits per heavy atom. The maximum absolute atomic E-state index is 2.34. The van der Waals surface area contributed by atoms with Gasteiger partial charge in [0.25, 0.3) is 0 Å². The quantitative estimate of drug-likeness (QED) is 0.475. The molecule has 1 heteroatoms. The molecule has 0 aromatic rings. The summed E-state index contributed by atoms with van der Waals surface area (Å²) in [4.78, 5) is 0. The van der Waals surface area contributed by atoms with Crippen LogP contribution in [0.2, 0.25) is 0 Å². The number of allylic oxidation sites excluding steroid dienone is 4.